The molecule has 1 N–H and O–H groups in total. The molecule has 0 radical (unpaired) electrons. The van der Waals surface area contributed by atoms with Gasteiger partial charge < -0.3 is 4.74 Å². The highest BCUT2D eigenvalue weighted by Gasteiger charge is 2.11. The van der Waals surface area contributed by atoms with Gasteiger partial charge in [-0.1, -0.05) is 0 Å². The second-order valence-electron chi connectivity index (χ2n) is 4.14. The molecule has 7 nitrogen and oxygen atoms in total. The van der Waals surface area contributed by atoms with Gasteiger partial charge in [0.25, 0.3) is 5.56 Å². The Morgan fingerprint density at radius 3 is 3.05 bits per heavy atom. The Bertz CT molecular complexity index is 664. The van der Waals surface area contributed by atoms with Crippen LogP contribution in [0.15, 0.2) is 16.1 Å². The van der Waals surface area contributed by atoms with Crippen molar-refractivity contribution in [3.8, 4) is 0 Å². The Morgan fingerprint density at radius 1 is 1.50 bits per heavy atom. The molecule has 0 aromatic carbocycles. The van der Waals surface area contributed by atoms with Gasteiger partial charge in [-0.15, -0.1) is 11.8 Å². The van der Waals surface area contributed by atoms with Crippen molar-refractivity contribution in [2.45, 2.75) is 24.8 Å². The average Bonchev–Trinajstić information content (AvgIpc) is 2.72. The number of fused-ring (bicyclic) bond motifs is 1. The van der Waals surface area contributed by atoms with Crippen LogP contribution in [0.3, 0.4) is 0 Å². The van der Waals surface area contributed by atoms with Crippen molar-refractivity contribution in [2.75, 3.05) is 12.4 Å². The third kappa shape index (κ3) is 3.19. The number of aromatic amines is 1. The van der Waals surface area contributed by atoms with E-state index in [1.54, 1.807) is 14.0 Å². The number of aromatic nitrogens is 4. The summed E-state index contributed by atoms with van der Waals surface area (Å²) in [6.45, 7) is 2.19. The fourth-order valence-corrected chi connectivity index (χ4v) is 2.63. The quantitative estimate of drug-likeness (QED) is 0.371. The number of nitrogens with one attached hydrogen (secondary N) is 1. The van der Waals surface area contributed by atoms with Crippen LogP contribution in [-0.2, 0) is 16.6 Å². The smallest absolute Gasteiger partial charge is 0.305 e. The molecule has 2 heterocycles. The lowest BCUT2D eigenvalue weighted by Crippen LogP contribution is -2.11. The van der Waals surface area contributed by atoms with Gasteiger partial charge in [0, 0.05) is 19.2 Å². The van der Waals surface area contributed by atoms with Crippen LogP contribution in [0.2, 0.25) is 0 Å². The van der Waals surface area contributed by atoms with E-state index in [9.17, 15) is 9.59 Å². The maximum Gasteiger partial charge on any atom is 0.305 e. The van der Waals surface area contributed by atoms with Crippen molar-refractivity contribution < 1.29 is 9.53 Å². The highest BCUT2D eigenvalue weighted by Crippen LogP contribution is 2.22. The van der Waals surface area contributed by atoms with Gasteiger partial charge in [0.1, 0.15) is 16.9 Å². The van der Waals surface area contributed by atoms with E-state index >= 15 is 0 Å². The zero-order valence-electron chi connectivity index (χ0n) is 11.4. The van der Waals surface area contributed by atoms with Crippen molar-refractivity contribution in [3.05, 3.63) is 16.7 Å². The van der Waals surface area contributed by atoms with E-state index in [1.807, 2.05) is 0 Å². The molecule has 0 amide bonds. The second kappa shape index (κ2) is 6.56. The zero-order valence-corrected chi connectivity index (χ0v) is 12.2. The topological polar surface area (TPSA) is 89.9 Å². The number of rotatable bonds is 6. The van der Waals surface area contributed by atoms with Gasteiger partial charge in [-0.3, -0.25) is 19.4 Å². The predicted molar refractivity (Wildman–Crippen MR) is 75.7 cm³/mol. The molecule has 108 valence electrons. The maximum atomic E-state index is 11.7. The summed E-state index contributed by atoms with van der Waals surface area (Å²) in [5.41, 5.74) is 0.854. The van der Waals surface area contributed by atoms with Gasteiger partial charge in [-0.05, 0) is 13.3 Å². The molecule has 0 unspecified atom stereocenters. The number of nitrogens with zero attached hydrogens (tertiary/aromatic N) is 3. The Hall–Kier alpha value is -1.83. The molecule has 0 aliphatic heterocycles. The van der Waals surface area contributed by atoms with Crippen LogP contribution in [-0.4, -0.2) is 38.1 Å². The minimum atomic E-state index is -0.186. The number of esters is 1. The lowest BCUT2D eigenvalue weighted by atomic mass is 10.3. The number of ether oxygens (including phenoxy) is 1. The van der Waals surface area contributed by atoms with Crippen LogP contribution in [0.1, 0.15) is 19.8 Å². The second-order valence-corrected chi connectivity index (χ2v) is 5.22. The summed E-state index contributed by atoms with van der Waals surface area (Å²) in [7, 11) is 1.64. The number of hydrogen-bond acceptors (Lipinski definition) is 6. The van der Waals surface area contributed by atoms with Gasteiger partial charge in [0.2, 0.25) is 0 Å². The first-order valence-electron chi connectivity index (χ1n) is 6.31. The van der Waals surface area contributed by atoms with Crippen molar-refractivity contribution in [1.29, 1.82) is 0 Å². The molecular formula is C12H16N4O3S. The van der Waals surface area contributed by atoms with Crippen LogP contribution < -0.4 is 5.56 Å². The van der Waals surface area contributed by atoms with Gasteiger partial charge in [0.05, 0.1) is 6.61 Å². The zero-order chi connectivity index (χ0) is 14.5. The van der Waals surface area contributed by atoms with E-state index in [-0.39, 0.29) is 11.5 Å². The maximum absolute atomic E-state index is 11.7. The van der Waals surface area contributed by atoms with E-state index in [0.717, 1.165) is 10.8 Å². The normalized spacial score (nSPS) is 10.9. The van der Waals surface area contributed by atoms with Crippen molar-refractivity contribution in [3.63, 3.8) is 0 Å². The van der Waals surface area contributed by atoms with Gasteiger partial charge in [-0.25, -0.2) is 9.97 Å². The van der Waals surface area contributed by atoms with E-state index in [4.69, 9.17) is 4.74 Å². The molecule has 0 aliphatic rings. The highest BCUT2D eigenvalue weighted by molar-refractivity contribution is 7.99. The molecule has 0 aliphatic carbocycles. The Balaban J connectivity index is 1.99. The van der Waals surface area contributed by atoms with Crippen LogP contribution in [0.25, 0.3) is 11.0 Å². The molecule has 0 spiro atoms. The fourth-order valence-electron chi connectivity index (χ4n) is 1.74. The number of carbonyl (C=O) groups excluding carboxylic acids is 1. The summed E-state index contributed by atoms with van der Waals surface area (Å²) < 4.78 is 6.24. The van der Waals surface area contributed by atoms with Crippen LogP contribution in [0.4, 0.5) is 0 Å². The summed E-state index contributed by atoms with van der Waals surface area (Å²) in [6.07, 6.45) is 2.47. The van der Waals surface area contributed by atoms with E-state index in [0.29, 0.717) is 30.5 Å². The minimum absolute atomic E-state index is 0.171. The Kier molecular flexibility index (Phi) is 4.78. The molecule has 2 rings (SSSR count). The lowest BCUT2D eigenvalue weighted by molar-refractivity contribution is -0.143. The molecule has 0 fully saturated rings. The van der Waals surface area contributed by atoms with Crippen molar-refractivity contribution in [2.24, 2.45) is 7.05 Å². The Morgan fingerprint density at radius 2 is 2.30 bits per heavy atom. The molecule has 0 saturated heterocycles. The molecule has 0 saturated carbocycles. The first-order chi connectivity index (χ1) is 9.63. The molecule has 0 atom stereocenters. The average molecular weight is 296 g/mol. The molecule has 20 heavy (non-hydrogen) atoms. The summed E-state index contributed by atoms with van der Waals surface area (Å²) in [5, 5.41) is 3.65. The Labute approximate surface area is 119 Å². The standard InChI is InChI=1S/C12H16N4O3S/c1-3-19-8(17)5-4-6-20-11-9-10(13-7-14-11)12(18)16(2)15-9/h7,15H,3-6H2,1-2H3. The minimum Gasteiger partial charge on any atom is -0.466 e. The number of hydrogen-bond donors (Lipinski definition) is 1. The fraction of sp³-hybridized carbons (Fsp3) is 0.500. The molecule has 0 bridgehead atoms. The monoisotopic (exact) mass is 296 g/mol. The summed E-state index contributed by atoms with van der Waals surface area (Å²) in [4.78, 5) is 31.1. The van der Waals surface area contributed by atoms with Crippen LogP contribution in [0.5, 0.6) is 0 Å². The van der Waals surface area contributed by atoms with Crippen molar-refractivity contribution >= 4 is 28.8 Å². The van der Waals surface area contributed by atoms with E-state index in [1.165, 1.54) is 22.8 Å². The predicted octanol–water partition coefficient (Wildman–Crippen LogP) is 1.09. The number of aryl methyl sites for hydroxylation is 1. The summed E-state index contributed by atoms with van der Waals surface area (Å²) in [5.74, 6) is 0.538. The molecule has 2 aromatic rings. The van der Waals surface area contributed by atoms with Crippen LogP contribution >= 0.6 is 11.8 Å². The van der Waals surface area contributed by atoms with Gasteiger partial charge in [-0.2, -0.15) is 0 Å². The van der Waals surface area contributed by atoms with Gasteiger partial charge in [0.15, 0.2) is 5.52 Å². The molecular weight excluding hydrogens is 280 g/mol. The van der Waals surface area contributed by atoms with E-state index in [2.05, 4.69) is 15.1 Å². The number of carbonyl (C=O) groups is 1. The number of thioether (sulfide) groups is 1. The third-order valence-electron chi connectivity index (χ3n) is 2.67. The lowest BCUT2D eigenvalue weighted by Gasteiger charge is -2.02. The summed E-state index contributed by atoms with van der Waals surface area (Å²) in [6, 6.07) is 0. The van der Waals surface area contributed by atoms with Crippen molar-refractivity contribution in [1.82, 2.24) is 19.7 Å². The SMILES string of the molecule is CCOC(=O)CCCSc1ncnc2c(=O)n(C)[nH]c12. The van der Waals surface area contributed by atoms with Gasteiger partial charge >= 0.3 is 5.97 Å². The number of H-pyrrole nitrogens is 1. The first kappa shape index (κ1) is 14.6. The first-order valence-corrected chi connectivity index (χ1v) is 7.30. The largest absolute Gasteiger partial charge is 0.466 e. The molecule has 8 heteroatoms. The van der Waals surface area contributed by atoms with Crippen LogP contribution in [0, 0.1) is 0 Å². The highest BCUT2D eigenvalue weighted by atomic mass is 32.2. The van der Waals surface area contributed by atoms with E-state index < -0.39 is 0 Å². The summed E-state index contributed by atoms with van der Waals surface area (Å²) >= 11 is 1.49. The third-order valence-corrected chi connectivity index (χ3v) is 3.74. The molecule has 2 aromatic heterocycles.